The van der Waals surface area contributed by atoms with Crippen LogP contribution >= 0.6 is 0 Å². The fraction of sp³-hybridized carbons (Fsp3) is 0.831. The molecular weight excluding hydrogens is 1270 g/mol. The van der Waals surface area contributed by atoms with Gasteiger partial charge in [-0.15, -0.1) is 0 Å². The summed E-state index contributed by atoms with van der Waals surface area (Å²) in [6, 6.07) is 9.44. The molecule has 0 amide bonds. The second-order valence-corrected chi connectivity index (χ2v) is 29.2. The largest absolute Gasteiger partial charge is 0.458 e. The third-order valence-corrected chi connectivity index (χ3v) is 23.7. The van der Waals surface area contributed by atoms with Crippen LogP contribution in [-0.4, -0.2) is 262 Å². The highest BCUT2D eigenvalue weighted by atomic mass is 16.8. The van der Waals surface area contributed by atoms with Gasteiger partial charge in [-0.3, -0.25) is 4.79 Å². The summed E-state index contributed by atoms with van der Waals surface area (Å²) in [5.41, 5.74) is -3.12. The molecule has 3 saturated carbocycles. The van der Waals surface area contributed by atoms with Crippen molar-refractivity contribution in [1.29, 1.82) is 0 Å². The predicted molar refractivity (Wildman–Crippen MR) is 341 cm³/mol. The van der Waals surface area contributed by atoms with Gasteiger partial charge in [0, 0.05) is 91.0 Å². The van der Waals surface area contributed by atoms with Gasteiger partial charge in [0.15, 0.2) is 37.7 Å². The van der Waals surface area contributed by atoms with E-state index in [2.05, 4.69) is 13.0 Å². The summed E-state index contributed by atoms with van der Waals surface area (Å²) in [6.07, 6.45) is -10.3. The maximum Gasteiger partial charge on any atom is 0.331 e. The summed E-state index contributed by atoms with van der Waals surface area (Å²) in [5.74, 6) is -1.75. The maximum absolute atomic E-state index is 13.7. The van der Waals surface area contributed by atoms with Gasteiger partial charge < -0.3 is 116 Å². The number of Topliss-reactive ketones (excluding diaryl/α,β-unsaturated/α-hetero) is 1. The molecule has 1 aromatic carbocycles. The third kappa shape index (κ3) is 14.8. The highest BCUT2D eigenvalue weighted by Crippen LogP contribution is 2.70. The minimum absolute atomic E-state index is 0.0987. The van der Waals surface area contributed by atoms with Gasteiger partial charge >= 0.3 is 5.97 Å². The lowest BCUT2D eigenvalue weighted by atomic mass is 9.43. The van der Waals surface area contributed by atoms with Crippen LogP contribution in [0.15, 0.2) is 48.1 Å². The summed E-state index contributed by atoms with van der Waals surface area (Å²) in [7, 11) is 8.01. The fourth-order valence-electron chi connectivity index (χ4n) is 18.3. The first-order chi connectivity index (χ1) is 46.2. The monoisotopic (exact) mass is 1380 g/mol. The van der Waals surface area contributed by atoms with E-state index in [0.29, 0.717) is 51.4 Å². The Hall–Kier alpha value is -3.08. The lowest BCUT2D eigenvalue weighted by molar-refractivity contribution is -0.360. The van der Waals surface area contributed by atoms with Gasteiger partial charge in [0.25, 0.3) is 0 Å². The SMILES string of the molecule is CO[C@H]1C[C@H](O[C@H]2CC[C@@]3(C)C(=CC[C@]4(O)[C@@H]3C[C@@H](OC(=O)C=Cc3ccccc3)[C@]3(C)[C@H](C(C)=O)CC[C@@]34O)C2)O[C@H](C)[C@H]1O[C@H]1C[C@H](OC)[C@H](O[C@H]2C[C@@H](OC)[C@H](O[C@H]3C[C@@H](OC)[C@H](O[C@H]4C[C@H](OC)[C@H](O[C@@H]5O[C@H](CO)[C@@H](O)[C@H](O)[C@H]5O)[C@@H](C)O4)[C@@H](C)O3)[C@@H](C)O2)[C@@H](C)O1. The quantitative estimate of drug-likeness (QED) is 0.0529. The predicted octanol–water partition coefficient (Wildman–Crippen LogP) is 4.48. The molecule has 1 aromatic rings. The highest BCUT2D eigenvalue weighted by molar-refractivity contribution is 5.87. The Labute approximate surface area is 569 Å². The standard InChI is InChI=1S/C71H108O26/c1-35(73)44-23-26-71(79)69(44,8)52(92-53(74)20-19-41-17-15-14-16-18-41)33-51-68(7)24-22-43(27-42(68)21-25-70(51,71)78)90-54-28-45(80-9)62(36(2)85-54)93-55-29-46(81-10)63(37(3)86-55)94-56-30-47(82-11)64(38(4)87-56)95-57-31-48(83-12)65(39(5)88-57)96-58-32-49(84-13)66(40(6)89-58)97-67-61(77)60(76)59(75)50(34-72)91-67/h14-21,36-40,43-52,54-67,72,75-79H,22-34H2,1-13H3/t36-,37-,38-,39-,40-,43+,44+,45+,46+,47-,48-,49+,50-,51-,52-,54+,55+,56+,57+,58+,59-,60+,61-,62-,63-,64-,65-,66-,67+,68+,69+,70+,71-/m1/s1. The van der Waals surface area contributed by atoms with Crippen molar-refractivity contribution in [2.45, 2.75) is 310 Å². The molecule has 26 heteroatoms. The number of rotatable bonds is 22. The number of hydrogen-bond donors (Lipinski definition) is 6. The Kier molecular flexibility index (Phi) is 24.1. The molecule has 6 N–H and O–H groups in total. The lowest BCUT2D eigenvalue weighted by Gasteiger charge is -2.66. The summed E-state index contributed by atoms with van der Waals surface area (Å²) in [5, 5.41) is 67.1. The van der Waals surface area contributed by atoms with Crippen LogP contribution in [0.1, 0.15) is 138 Å². The van der Waals surface area contributed by atoms with E-state index < -0.39 is 206 Å². The van der Waals surface area contributed by atoms with E-state index in [1.54, 1.807) is 41.4 Å². The fourth-order valence-corrected chi connectivity index (χ4v) is 18.3. The van der Waals surface area contributed by atoms with E-state index in [1.807, 2.05) is 65.0 Å². The lowest BCUT2D eigenvalue weighted by Crippen LogP contribution is -2.75. The van der Waals surface area contributed by atoms with Gasteiger partial charge in [0.2, 0.25) is 0 Å². The molecular formula is C71H108O26. The van der Waals surface area contributed by atoms with E-state index in [4.69, 9.17) is 85.3 Å². The second-order valence-electron chi connectivity index (χ2n) is 29.2. The maximum atomic E-state index is 13.7. The zero-order valence-corrected chi connectivity index (χ0v) is 58.4. The molecule has 11 rings (SSSR count). The molecule has 548 valence electrons. The normalized spacial score (nSPS) is 48.7. The van der Waals surface area contributed by atoms with Gasteiger partial charge in [0.1, 0.15) is 78.0 Å². The number of carbonyl (C=O) groups excluding carboxylic acids is 2. The Morgan fingerprint density at radius 1 is 0.567 bits per heavy atom. The van der Waals surface area contributed by atoms with Gasteiger partial charge in [-0.25, -0.2) is 4.79 Å². The molecule has 0 unspecified atom stereocenters. The molecule has 97 heavy (non-hydrogen) atoms. The number of esters is 1. The van der Waals surface area contributed by atoms with Gasteiger partial charge in [-0.2, -0.15) is 0 Å². The number of benzene rings is 1. The van der Waals surface area contributed by atoms with Crippen LogP contribution in [0.5, 0.6) is 0 Å². The van der Waals surface area contributed by atoms with Gasteiger partial charge in [-0.05, 0) is 104 Å². The molecule has 0 bridgehead atoms. The average molecular weight is 1380 g/mol. The van der Waals surface area contributed by atoms with Crippen LogP contribution < -0.4 is 0 Å². The molecule has 0 radical (unpaired) electrons. The van der Waals surface area contributed by atoms with Crippen molar-refractivity contribution in [1.82, 2.24) is 0 Å². The molecule has 4 aliphatic carbocycles. The first-order valence-corrected chi connectivity index (χ1v) is 35.0. The van der Waals surface area contributed by atoms with E-state index in [9.17, 15) is 40.2 Å². The Morgan fingerprint density at radius 3 is 1.44 bits per heavy atom. The van der Waals surface area contributed by atoms with Crippen LogP contribution in [0.25, 0.3) is 6.08 Å². The molecule has 10 aliphatic rings. The van der Waals surface area contributed by atoms with Crippen LogP contribution in [-0.2, 0) is 94.9 Å². The minimum atomic E-state index is -1.70. The molecule has 0 spiro atoms. The highest BCUT2D eigenvalue weighted by Gasteiger charge is 2.77. The molecule has 6 saturated heterocycles. The van der Waals surface area contributed by atoms with Crippen LogP contribution in [0, 0.1) is 22.7 Å². The van der Waals surface area contributed by atoms with Crippen molar-refractivity contribution < 1.29 is 125 Å². The van der Waals surface area contributed by atoms with Crippen molar-refractivity contribution in [3.63, 3.8) is 0 Å². The van der Waals surface area contributed by atoms with Crippen molar-refractivity contribution >= 4 is 17.8 Å². The van der Waals surface area contributed by atoms with Crippen LogP contribution in [0.4, 0.5) is 0 Å². The summed E-state index contributed by atoms with van der Waals surface area (Å²) >= 11 is 0. The number of fused-ring (bicyclic) bond motifs is 5. The summed E-state index contributed by atoms with van der Waals surface area (Å²) < 4.78 is 114. The van der Waals surface area contributed by atoms with Crippen LogP contribution in [0.2, 0.25) is 0 Å². The number of aliphatic hydroxyl groups is 6. The van der Waals surface area contributed by atoms with Gasteiger partial charge in [-0.1, -0.05) is 55.8 Å². The number of carbonyl (C=O) groups is 2. The second kappa shape index (κ2) is 31.1. The molecule has 9 fully saturated rings. The zero-order valence-electron chi connectivity index (χ0n) is 58.4. The van der Waals surface area contributed by atoms with E-state index in [1.165, 1.54) is 20.1 Å². The van der Waals surface area contributed by atoms with Gasteiger partial charge in [0.05, 0.1) is 73.8 Å². The molecule has 6 aliphatic heterocycles. The smallest absolute Gasteiger partial charge is 0.331 e. The Balaban J connectivity index is 0.651. The molecule has 26 nitrogen and oxygen atoms in total. The molecule has 6 heterocycles. The van der Waals surface area contributed by atoms with E-state index in [0.717, 1.165) is 11.1 Å². The minimum Gasteiger partial charge on any atom is -0.458 e. The number of ketones is 1. The number of ether oxygens (including phenoxy) is 18. The Bertz CT molecular complexity index is 2830. The van der Waals surface area contributed by atoms with Crippen molar-refractivity contribution in [2.75, 3.05) is 42.2 Å². The van der Waals surface area contributed by atoms with Crippen molar-refractivity contribution in [2.24, 2.45) is 22.7 Å². The number of methoxy groups -OCH3 is 5. The zero-order chi connectivity index (χ0) is 69.6. The van der Waals surface area contributed by atoms with E-state index in [-0.39, 0.29) is 37.6 Å². The van der Waals surface area contributed by atoms with Crippen LogP contribution in [0.3, 0.4) is 0 Å². The first kappa shape index (κ1) is 75.1. The molecule has 33 atom stereocenters. The number of hydrogen-bond acceptors (Lipinski definition) is 26. The average Bonchev–Trinajstić information content (AvgIpc) is 1.62. The third-order valence-electron chi connectivity index (χ3n) is 23.7. The first-order valence-electron chi connectivity index (χ1n) is 35.0. The van der Waals surface area contributed by atoms with E-state index >= 15 is 0 Å². The number of aliphatic hydroxyl groups excluding tert-OH is 4. The Morgan fingerprint density at radius 2 is 1.01 bits per heavy atom. The summed E-state index contributed by atoms with van der Waals surface area (Å²) in [4.78, 5) is 27.0. The molecule has 0 aromatic heterocycles. The topological polar surface area (TPSA) is 322 Å². The van der Waals surface area contributed by atoms with Crippen molar-refractivity contribution in [3.8, 4) is 0 Å². The summed E-state index contributed by atoms with van der Waals surface area (Å²) in [6.45, 7) is 14.3. The van der Waals surface area contributed by atoms with Crippen molar-refractivity contribution in [3.05, 3.63) is 53.6 Å².